The highest BCUT2D eigenvalue weighted by atomic mass is 32.1. The molecule has 5 heterocycles. The first-order valence-corrected chi connectivity index (χ1v) is 13.4. The fraction of sp³-hybridized carbons (Fsp3) is 0.207. The van der Waals surface area contributed by atoms with Gasteiger partial charge in [-0.25, -0.2) is 9.97 Å². The number of benzene rings is 1. The lowest BCUT2D eigenvalue weighted by atomic mass is 9.95. The minimum atomic E-state index is -0.506. The summed E-state index contributed by atoms with van der Waals surface area (Å²) in [5, 5.41) is 11.0. The second-order valence-electron chi connectivity index (χ2n) is 10.4. The standard InChI is InChI=1S/C29H26FN7OS/c1-5-15-8-16(10-18(9-15)33-28(38)29(2,3)4)17-11-19-25(36-37-26(19)32-12-17)27-34-21-14-31-13-20(24(21)35-27)22-6-7-23(30)39-22/h6-14H,5H2,1-4H3,(H,33,38)(H,34,35)(H,32,36,37). The highest BCUT2D eigenvalue weighted by Crippen LogP contribution is 2.35. The molecule has 3 N–H and O–H groups in total. The number of imidazole rings is 1. The quantitative estimate of drug-likeness (QED) is 0.219. The van der Waals surface area contributed by atoms with E-state index in [-0.39, 0.29) is 11.0 Å². The second kappa shape index (κ2) is 9.39. The van der Waals surface area contributed by atoms with Crippen LogP contribution in [0, 0.1) is 10.5 Å². The summed E-state index contributed by atoms with van der Waals surface area (Å²) >= 11 is 1.06. The predicted octanol–water partition coefficient (Wildman–Crippen LogP) is 6.98. The number of nitrogens with one attached hydrogen (secondary N) is 3. The molecule has 0 aliphatic rings. The first-order chi connectivity index (χ1) is 18.7. The van der Waals surface area contributed by atoms with Gasteiger partial charge in [0.1, 0.15) is 11.2 Å². The number of aryl methyl sites for hydroxylation is 1. The monoisotopic (exact) mass is 539 g/mol. The van der Waals surface area contributed by atoms with Gasteiger partial charge in [0.05, 0.1) is 17.1 Å². The molecular weight excluding hydrogens is 513 g/mol. The number of carbonyl (C=O) groups is 1. The number of anilines is 1. The van der Waals surface area contributed by atoms with Crippen molar-refractivity contribution in [3.05, 3.63) is 65.7 Å². The van der Waals surface area contributed by atoms with Crippen LogP contribution < -0.4 is 5.32 Å². The summed E-state index contributed by atoms with van der Waals surface area (Å²) in [5.74, 6) is 0.537. The van der Waals surface area contributed by atoms with Gasteiger partial charge in [-0.15, -0.1) is 11.3 Å². The number of hydrogen-bond acceptors (Lipinski definition) is 6. The average Bonchev–Trinajstić information content (AvgIpc) is 3.64. The summed E-state index contributed by atoms with van der Waals surface area (Å²) in [6.45, 7) is 7.75. The van der Waals surface area contributed by atoms with E-state index in [4.69, 9.17) is 4.98 Å². The van der Waals surface area contributed by atoms with Crippen LogP contribution in [0.5, 0.6) is 0 Å². The van der Waals surface area contributed by atoms with Gasteiger partial charge >= 0.3 is 0 Å². The van der Waals surface area contributed by atoms with Gasteiger partial charge < -0.3 is 10.3 Å². The van der Waals surface area contributed by atoms with Crippen LogP contribution in [-0.4, -0.2) is 36.0 Å². The average molecular weight is 540 g/mol. The van der Waals surface area contributed by atoms with E-state index < -0.39 is 5.41 Å². The Balaban J connectivity index is 1.43. The molecule has 1 amide bonds. The Hall–Kier alpha value is -4.44. The normalized spacial score (nSPS) is 11.9. The van der Waals surface area contributed by atoms with E-state index in [1.165, 1.54) is 6.07 Å². The van der Waals surface area contributed by atoms with Gasteiger partial charge in [0.15, 0.2) is 16.6 Å². The smallest absolute Gasteiger partial charge is 0.229 e. The Morgan fingerprint density at radius 1 is 1.08 bits per heavy atom. The van der Waals surface area contributed by atoms with Crippen LogP contribution in [0.15, 0.2) is 55.0 Å². The molecule has 0 saturated heterocycles. The molecule has 0 aliphatic carbocycles. The van der Waals surface area contributed by atoms with E-state index in [1.54, 1.807) is 24.7 Å². The zero-order chi connectivity index (χ0) is 27.3. The summed E-state index contributed by atoms with van der Waals surface area (Å²) < 4.78 is 13.7. The number of halogens is 1. The number of fused-ring (bicyclic) bond motifs is 2. The maximum absolute atomic E-state index is 13.7. The molecule has 0 bridgehead atoms. The molecule has 1 aromatic carbocycles. The molecule has 0 fully saturated rings. The number of hydrogen-bond donors (Lipinski definition) is 3. The van der Waals surface area contributed by atoms with Gasteiger partial charge in [-0.1, -0.05) is 33.8 Å². The van der Waals surface area contributed by atoms with E-state index in [1.807, 2.05) is 39.0 Å². The van der Waals surface area contributed by atoms with Crippen LogP contribution in [0.25, 0.3) is 55.2 Å². The molecule has 8 nitrogen and oxygen atoms in total. The molecule has 0 radical (unpaired) electrons. The van der Waals surface area contributed by atoms with E-state index in [9.17, 15) is 9.18 Å². The minimum absolute atomic E-state index is 0.0450. The van der Waals surface area contributed by atoms with Crippen molar-refractivity contribution in [1.29, 1.82) is 0 Å². The van der Waals surface area contributed by atoms with Crippen LogP contribution in [0.3, 0.4) is 0 Å². The fourth-order valence-corrected chi connectivity index (χ4v) is 5.12. The first kappa shape index (κ1) is 24.9. The number of nitrogens with zero attached hydrogens (tertiary/aromatic N) is 4. The molecular formula is C29H26FN7OS. The van der Waals surface area contributed by atoms with E-state index in [0.29, 0.717) is 22.7 Å². The van der Waals surface area contributed by atoms with Crippen molar-refractivity contribution in [1.82, 2.24) is 30.1 Å². The number of carbonyl (C=O) groups excluding carboxylic acids is 1. The molecule has 0 unspecified atom stereocenters. The van der Waals surface area contributed by atoms with Crippen LogP contribution in [0.4, 0.5) is 10.1 Å². The van der Waals surface area contributed by atoms with Crippen LogP contribution in [-0.2, 0) is 11.2 Å². The Morgan fingerprint density at radius 3 is 2.67 bits per heavy atom. The summed E-state index contributed by atoms with van der Waals surface area (Å²) in [4.78, 5) is 30.5. The lowest BCUT2D eigenvalue weighted by Gasteiger charge is -2.18. The van der Waals surface area contributed by atoms with E-state index in [2.05, 4.69) is 43.5 Å². The number of rotatable bonds is 5. The molecule has 196 valence electrons. The zero-order valence-electron chi connectivity index (χ0n) is 21.9. The molecule has 0 spiro atoms. The van der Waals surface area contributed by atoms with Gasteiger partial charge in [0.25, 0.3) is 0 Å². The molecule has 6 aromatic rings. The zero-order valence-corrected chi connectivity index (χ0v) is 22.7. The fourth-order valence-electron chi connectivity index (χ4n) is 4.38. The van der Waals surface area contributed by atoms with Gasteiger partial charge in [-0.3, -0.25) is 14.9 Å². The van der Waals surface area contributed by atoms with Crippen molar-refractivity contribution in [2.75, 3.05) is 5.32 Å². The number of aromatic nitrogens is 6. The molecule has 10 heteroatoms. The molecule has 0 atom stereocenters. The van der Waals surface area contributed by atoms with Crippen LogP contribution in [0.2, 0.25) is 0 Å². The van der Waals surface area contributed by atoms with Crippen molar-refractivity contribution >= 4 is 45.0 Å². The minimum Gasteiger partial charge on any atom is -0.335 e. The SMILES string of the molecule is CCc1cc(NC(=O)C(C)(C)C)cc(-c2cnc3n[nH]c(-c4nc5c(-c6ccc(F)s6)cncc5[nH]4)c3c2)c1. The maximum atomic E-state index is 13.7. The van der Waals surface area contributed by atoms with Crippen molar-refractivity contribution in [2.45, 2.75) is 34.1 Å². The van der Waals surface area contributed by atoms with Gasteiger partial charge in [0, 0.05) is 39.5 Å². The van der Waals surface area contributed by atoms with Gasteiger partial charge in [0.2, 0.25) is 5.91 Å². The Bertz CT molecular complexity index is 1860. The van der Waals surface area contributed by atoms with Gasteiger partial charge in [-0.2, -0.15) is 9.49 Å². The second-order valence-corrected chi connectivity index (χ2v) is 11.5. The molecule has 0 aliphatic heterocycles. The molecule has 0 saturated carbocycles. The van der Waals surface area contributed by atoms with Crippen LogP contribution >= 0.6 is 11.3 Å². The van der Waals surface area contributed by atoms with E-state index >= 15 is 0 Å². The maximum Gasteiger partial charge on any atom is 0.229 e. The number of pyridine rings is 2. The van der Waals surface area contributed by atoms with Crippen molar-refractivity contribution in [3.8, 4) is 33.1 Å². The number of amides is 1. The Kier molecular flexibility index (Phi) is 5.99. The lowest BCUT2D eigenvalue weighted by molar-refractivity contribution is -0.123. The summed E-state index contributed by atoms with van der Waals surface area (Å²) in [7, 11) is 0. The third-order valence-electron chi connectivity index (χ3n) is 6.55. The third-order valence-corrected chi connectivity index (χ3v) is 7.46. The van der Waals surface area contributed by atoms with Crippen molar-refractivity contribution in [3.63, 3.8) is 0 Å². The van der Waals surface area contributed by atoms with Crippen LogP contribution in [0.1, 0.15) is 33.3 Å². The largest absolute Gasteiger partial charge is 0.335 e. The molecule has 5 aromatic heterocycles. The topological polar surface area (TPSA) is 112 Å². The van der Waals surface area contributed by atoms with E-state index in [0.717, 1.165) is 61.5 Å². The predicted molar refractivity (Wildman–Crippen MR) is 153 cm³/mol. The number of thiophene rings is 1. The van der Waals surface area contributed by atoms with Gasteiger partial charge in [-0.05, 0) is 47.9 Å². The Morgan fingerprint density at radius 2 is 1.92 bits per heavy atom. The third kappa shape index (κ3) is 4.67. The van der Waals surface area contributed by atoms with Crippen molar-refractivity contribution < 1.29 is 9.18 Å². The highest BCUT2D eigenvalue weighted by molar-refractivity contribution is 7.14. The summed E-state index contributed by atoms with van der Waals surface area (Å²) in [5.41, 5.74) is 6.61. The number of H-pyrrole nitrogens is 2. The van der Waals surface area contributed by atoms with Crippen molar-refractivity contribution in [2.24, 2.45) is 5.41 Å². The molecule has 39 heavy (non-hydrogen) atoms. The highest BCUT2D eigenvalue weighted by Gasteiger charge is 2.22. The summed E-state index contributed by atoms with van der Waals surface area (Å²) in [6, 6.07) is 11.3. The lowest BCUT2D eigenvalue weighted by Crippen LogP contribution is -2.27. The first-order valence-electron chi connectivity index (χ1n) is 12.6. The summed E-state index contributed by atoms with van der Waals surface area (Å²) in [6.07, 6.45) is 6.00. The Labute approximate surface area is 227 Å². The number of aromatic amines is 2. The molecule has 6 rings (SSSR count).